The summed E-state index contributed by atoms with van der Waals surface area (Å²) in [6.45, 7) is 8.63. The van der Waals surface area contributed by atoms with Gasteiger partial charge in [-0.2, -0.15) is 0 Å². The van der Waals surface area contributed by atoms with E-state index in [1.807, 2.05) is 54.0 Å². The molecule has 0 spiro atoms. The Morgan fingerprint density at radius 3 is 2.42 bits per heavy atom. The summed E-state index contributed by atoms with van der Waals surface area (Å²) in [5.74, 6) is 1.13. The molecular formula is C28H39N3O5. The Balaban J connectivity index is 1.80. The third-order valence-corrected chi connectivity index (χ3v) is 6.49. The van der Waals surface area contributed by atoms with Gasteiger partial charge in [-0.25, -0.2) is 0 Å². The minimum absolute atomic E-state index is 0.00672. The molecule has 36 heavy (non-hydrogen) atoms. The highest BCUT2D eigenvalue weighted by Gasteiger charge is 2.37. The number of methoxy groups -OCH3 is 2. The predicted molar refractivity (Wildman–Crippen MR) is 141 cm³/mol. The average molecular weight is 498 g/mol. The summed E-state index contributed by atoms with van der Waals surface area (Å²) in [5, 5.41) is 3.43. The van der Waals surface area contributed by atoms with Gasteiger partial charge in [0.1, 0.15) is 0 Å². The Labute approximate surface area is 214 Å². The van der Waals surface area contributed by atoms with E-state index in [0.29, 0.717) is 43.4 Å². The molecule has 2 amide bonds. The first-order valence-corrected chi connectivity index (χ1v) is 12.5. The second-order valence-electron chi connectivity index (χ2n) is 9.32. The normalized spacial score (nSPS) is 17.2. The number of ether oxygens (including phenoxy) is 3. The second kappa shape index (κ2) is 13.3. The molecule has 0 aliphatic carbocycles. The van der Waals surface area contributed by atoms with Gasteiger partial charge in [-0.05, 0) is 44.2 Å². The van der Waals surface area contributed by atoms with Crippen molar-refractivity contribution in [2.45, 2.75) is 39.3 Å². The first-order valence-electron chi connectivity index (χ1n) is 12.5. The van der Waals surface area contributed by atoms with Crippen LogP contribution in [0.4, 0.5) is 5.69 Å². The molecule has 2 aromatic rings. The first kappa shape index (κ1) is 27.5. The van der Waals surface area contributed by atoms with Gasteiger partial charge in [-0.15, -0.1) is 0 Å². The zero-order valence-corrected chi connectivity index (χ0v) is 22.0. The maximum absolute atomic E-state index is 13.7. The number of para-hydroxylation sites is 1. The highest BCUT2D eigenvalue weighted by atomic mass is 16.5. The van der Waals surface area contributed by atoms with E-state index >= 15 is 0 Å². The molecule has 1 aliphatic rings. The summed E-state index contributed by atoms with van der Waals surface area (Å²) in [4.78, 5) is 30.1. The highest BCUT2D eigenvalue weighted by molar-refractivity contribution is 5.95. The lowest BCUT2D eigenvalue weighted by molar-refractivity contribution is -0.117. The van der Waals surface area contributed by atoms with E-state index in [4.69, 9.17) is 14.2 Å². The summed E-state index contributed by atoms with van der Waals surface area (Å²) in [6.07, 6.45) is 0.736. The van der Waals surface area contributed by atoms with Crippen molar-refractivity contribution >= 4 is 17.5 Å². The Morgan fingerprint density at radius 1 is 1.03 bits per heavy atom. The van der Waals surface area contributed by atoms with Crippen molar-refractivity contribution in [1.29, 1.82) is 0 Å². The monoisotopic (exact) mass is 497 g/mol. The molecule has 2 aromatic carbocycles. The Kier molecular flexibility index (Phi) is 10.1. The molecule has 1 aliphatic heterocycles. The maximum Gasteiger partial charge on any atom is 0.254 e. The number of hydrogen-bond donors (Lipinski definition) is 1. The number of benzene rings is 2. The van der Waals surface area contributed by atoms with Crippen LogP contribution >= 0.6 is 0 Å². The number of rotatable bonds is 12. The number of carbonyl (C=O) groups is 2. The van der Waals surface area contributed by atoms with Gasteiger partial charge in [0, 0.05) is 69.9 Å². The lowest BCUT2D eigenvalue weighted by atomic mass is 9.99. The van der Waals surface area contributed by atoms with Gasteiger partial charge in [0.2, 0.25) is 5.91 Å². The van der Waals surface area contributed by atoms with Crippen LogP contribution in [-0.2, 0) is 9.53 Å². The van der Waals surface area contributed by atoms with E-state index in [1.165, 1.54) is 0 Å². The lowest BCUT2D eigenvalue weighted by Crippen LogP contribution is -2.49. The maximum atomic E-state index is 13.7. The fourth-order valence-corrected chi connectivity index (χ4v) is 4.66. The summed E-state index contributed by atoms with van der Waals surface area (Å²) in [5.41, 5.74) is 1.41. The molecule has 196 valence electrons. The van der Waals surface area contributed by atoms with Gasteiger partial charge >= 0.3 is 0 Å². The summed E-state index contributed by atoms with van der Waals surface area (Å²) < 4.78 is 16.4. The van der Waals surface area contributed by atoms with Crippen LogP contribution < -0.4 is 19.7 Å². The number of nitrogens with one attached hydrogen (secondary N) is 1. The van der Waals surface area contributed by atoms with Crippen LogP contribution in [0.1, 0.15) is 37.6 Å². The lowest BCUT2D eigenvalue weighted by Gasteiger charge is -2.36. The zero-order chi connectivity index (χ0) is 26.1. The molecule has 0 saturated carbocycles. The van der Waals surface area contributed by atoms with E-state index in [0.717, 1.165) is 18.7 Å². The molecule has 1 heterocycles. The van der Waals surface area contributed by atoms with Crippen LogP contribution in [0.3, 0.4) is 0 Å². The summed E-state index contributed by atoms with van der Waals surface area (Å²) >= 11 is 0. The predicted octanol–water partition coefficient (Wildman–Crippen LogP) is 3.60. The summed E-state index contributed by atoms with van der Waals surface area (Å²) in [6, 6.07) is 14.9. The molecular weight excluding hydrogens is 458 g/mol. The molecule has 1 N–H and O–H groups in total. The Hall–Kier alpha value is -3.10. The SMILES string of the molecule is COCCCOc1cc(C(=O)N(C[C@@H]2CNC[C@H]2N(C(C)=O)c2ccccc2)C(C)C)ccc1OC. The minimum atomic E-state index is -0.0749. The van der Waals surface area contributed by atoms with Crippen molar-refractivity contribution in [2.75, 3.05) is 52.0 Å². The van der Waals surface area contributed by atoms with Gasteiger partial charge in [0.15, 0.2) is 11.5 Å². The Bertz CT molecular complexity index is 998. The van der Waals surface area contributed by atoms with E-state index in [-0.39, 0.29) is 29.8 Å². The molecule has 0 bridgehead atoms. The average Bonchev–Trinajstić information content (AvgIpc) is 3.32. The summed E-state index contributed by atoms with van der Waals surface area (Å²) in [7, 11) is 3.24. The van der Waals surface area contributed by atoms with Crippen LogP contribution in [0.15, 0.2) is 48.5 Å². The molecule has 8 heteroatoms. The number of amides is 2. The van der Waals surface area contributed by atoms with Crippen LogP contribution in [0.5, 0.6) is 11.5 Å². The van der Waals surface area contributed by atoms with E-state index < -0.39 is 0 Å². The smallest absolute Gasteiger partial charge is 0.254 e. The number of carbonyl (C=O) groups excluding carboxylic acids is 2. The molecule has 0 radical (unpaired) electrons. The Morgan fingerprint density at radius 2 is 1.78 bits per heavy atom. The number of anilines is 1. The zero-order valence-electron chi connectivity index (χ0n) is 22.0. The van der Waals surface area contributed by atoms with E-state index in [1.54, 1.807) is 39.3 Å². The van der Waals surface area contributed by atoms with Crippen molar-refractivity contribution < 1.29 is 23.8 Å². The van der Waals surface area contributed by atoms with Gasteiger partial charge in [-0.3, -0.25) is 9.59 Å². The molecule has 8 nitrogen and oxygen atoms in total. The van der Waals surface area contributed by atoms with Crippen molar-refractivity contribution in [1.82, 2.24) is 10.2 Å². The fraction of sp³-hybridized carbons (Fsp3) is 0.500. The van der Waals surface area contributed by atoms with Crippen LogP contribution in [0, 0.1) is 5.92 Å². The molecule has 0 aromatic heterocycles. The van der Waals surface area contributed by atoms with Crippen molar-refractivity contribution in [3.8, 4) is 11.5 Å². The molecule has 0 unspecified atom stereocenters. The highest BCUT2D eigenvalue weighted by Crippen LogP contribution is 2.30. The quantitative estimate of drug-likeness (QED) is 0.452. The molecule has 3 rings (SSSR count). The van der Waals surface area contributed by atoms with Gasteiger partial charge in [0.25, 0.3) is 5.91 Å². The van der Waals surface area contributed by atoms with E-state index in [2.05, 4.69) is 5.32 Å². The van der Waals surface area contributed by atoms with Crippen LogP contribution in [0.2, 0.25) is 0 Å². The fourth-order valence-electron chi connectivity index (χ4n) is 4.66. The number of hydrogen-bond acceptors (Lipinski definition) is 6. The van der Waals surface area contributed by atoms with Crippen LogP contribution in [0.25, 0.3) is 0 Å². The van der Waals surface area contributed by atoms with Crippen molar-refractivity contribution in [3.63, 3.8) is 0 Å². The molecule has 1 fully saturated rings. The standard InChI is InChI=1S/C28H39N3O5/c1-20(2)30(28(33)22-12-13-26(35-5)27(16-22)36-15-9-14-34-4)19-23-17-29-18-25(23)31(21(3)32)24-10-7-6-8-11-24/h6-8,10-13,16,20,23,25,29H,9,14-15,17-19H2,1-5H3/t23-,25+/m0/s1. The third-order valence-electron chi connectivity index (χ3n) is 6.49. The van der Waals surface area contributed by atoms with Gasteiger partial charge in [0.05, 0.1) is 19.8 Å². The van der Waals surface area contributed by atoms with Crippen molar-refractivity contribution in [2.24, 2.45) is 5.92 Å². The number of nitrogens with zero attached hydrogens (tertiary/aromatic N) is 2. The van der Waals surface area contributed by atoms with E-state index in [9.17, 15) is 9.59 Å². The van der Waals surface area contributed by atoms with Gasteiger partial charge < -0.3 is 29.3 Å². The molecule has 1 saturated heterocycles. The van der Waals surface area contributed by atoms with Crippen molar-refractivity contribution in [3.05, 3.63) is 54.1 Å². The third kappa shape index (κ3) is 6.77. The topological polar surface area (TPSA) is 80.3 Å². The minimum Gasteiger partial charge on any atom is -0.493 e. The molecule has 2 atom stereocenters. The first-order chi connectivity index (χ1) is 17.4. The van der Waals surface area contributed by atoms with Gasteiger partial charge in [-0.1, -0.05) is 18.2 Å². The van der Waals surface area contributed by atoms with Crippen LogP contribution in [-0.4, -0.2) is 75.9 Å². The largest absolute Gasteiger partial charge is 0.493 e. The second-order valence-corrected chi connectivity index (χ2v) is 9.32.